The summed E-state index contributed by atoms with van der Waals surface area (Å²) < 4.78 is 37.7. The van der Waals surface area contributed by atoms with Gasteiger partial charge in [0.15, 0.2) is 0 Å². The topological polar surface area (TPSA) is 32.3 Å². The predicted octanol–water partition coefficient (Wildman–Crippen LogP) is 2.58. The maximum atomic E-state index is 12.6. The van der Waals surface area contributed by atoms with Gasteiger partial charge in [0.25, 0.3) is 0 Å². The number of nitrogens with one attached hydrogen (secondary N) is 1. The highest BCUT2D eigenvalue weighted by molar-refractivity contribution is 5.27. The van der Waals surface area contributed by atoms with Crippen molar-refractivity contribution in [3.05, 3.63) is 29.8 Å². The zero-order valence-corrected chi connectivity index (χ0v) is 8.51. The van der Waals surface area contributed by atoms with Gasteiger partial charge in [0.1, 0.15) is 11.3 Å². The van der Waals surface area contributed by atoms with E-state index in [2.05, 4.69) is 5.32 Å². The van der Waals surface area contributed by atoms with Crippen LogP contribution in [0.15, 0.2) is 24.3 Å². The summed E-state index contributed by atoms with van der Waals surface area (Å²) in [4.78, 5) is 0. The Kier molecular flexibility index (Phi) is 2.58. The zero-order chi connectivity index (χ0) is 11.8. The molecule has 88 valence electrons. The highest BCUT2D eigenvalue weighted by Gasteiger charge is 2.62. The van der Waals surface area contributed by atoms with Gasteiger partial charge in [-0.3, -0.25) is 5.32 Å². The molecule has 0 amide bonds. The van der Waals surface area contributed by atoms with E-state index in [4.69, 9.17) is 5.11 Å². The molecule has 1 aromatic carbocycles. The van der Waals surface area contributed by atoms with Crippen LogP contribution in [0.4, 0.5) is 13.2 Å². The first-order valence-electron chi connectivity index (χ1n) is 5.03. The molecule has 16 heavy (non-hydrogen) atoms. The maximum absolute atomic E-state index is 12.6. The van der Waals surface area contributed by atoms with Gasteiger partial charge >= 0.3 is 6.18 Å². The second-order valence-corrected chi connectivity index (χ2v) is 4.10. The Balaban J connectivity index is 1.98. The van der Waals surface area contributed by atoms with Crippen molar-refractivity contribution in [1.29, 1.82) is 0 Å². The first kappa shape index (κ1) is 11.3. The van der Waals surface area contributed by atoms with E-state index in [1.165, 1.54) is 12.1 Å². The van der Waals surface area contributed by atoms with E-state index >= 15 is 0 Å². The fraction of sp³-hybridized carbons (Fsp3) is 0.455. The van der Waals surface area contributed by atoms with Gasteiger partial charge in [0.2, 0.25) is 0 Å². The first-order valence-corrected chi connectivity index (χ1v) is 5.03. The summed E-state index contributed by atoms with van der Waals surface area (Å²) >= 11 is 0. The second kappa shape index (κ2) is 3.66. The minimum Gasteiger partial charge on any atom is -0.508 e. The lowest BCUT2D eigenvalue weighted by Crippen LogP contribution is -2.44. The van der Waals surface area contributed by atoms with Gasteiger partial charge < -0.3 is 5.11 Å². The van der Waals surface area contributed by atoms with Crippen LogP contribution in [0.1, 0.15) is 18.4 Å². The lowest BCUT2D eigenvalue weighted by molar-refractivity contribution is -0.166. The number of phenols is 1. The SMILES string of the molecule is Oc1cccc(CNC2(C(F)(F)F)CC2)c1. The third-order valence-electron chi connectivity index (χ3n) is 2.83. The van der Waals surface area contributed by atoms with E-state index in [1.807, 2.05) is 0 Å². The summed E-state index contributed by atoms with van der Waals surface area (Å²) in [6.07, 6.45) is -3.92. The molecule has 2 nitrogen and oxygen atoms in total. The summed E-state index contributed by atoms with van der Waals surface area (Å²) in [7, 11) is 0. The number of alkyl halides is 3. The number of aromatic hydroxyl groups is 1. The van der Waals surface area contributed by atoms with Crippen LogP contribution >= 0.6 is 0 Å². The zero-order valence-electron chi connectivity index (χ0n) is 8.51. The molecule has 1 aliphatic carbocycles. The molecule has 1 saturated carbocycles. The van der Waals surface area contributed by atoms with Crippen LogP contribution in [0.5, 0.6) is 5.75 Å². The molecule has 1 aliphatic rings. The second-order valence-electron chi connectivity index (χ2n) is 4.10. The van der Waals surface area contributed by atoms with Crippen molar-refractivity contribution in [1.82, 2.24) is 5.32 Å². The van der Waals surface area contributed by atoms with E-state index in [0.29, 0.717) is 5.56 Å². The van der Waals surface area contributed by atoms with Crippen LogP contribution in [0.3, 0.4) is 0 Å². The van der Waals surface area contributed by atoms with E-state index in [9.17, 15) is 13.2 Å². The van der Waals surface area contributed by atoms with Crippen LogP contribution in [0.25, 0.3) is 0 Å². The molecule has 2 N–H and O–H groups in total. The average molecular weight is 231 g/mol. The molecule has 0 spiro atoms. The largest absolute Gasteiger partial charge is 0.508 e. The van der Waals surface area contributed by atoms with Crippen molar-refractivity contribution in [2.75, 3.05) is 0 Å². The predicted molar refractivity (Wildman–Crippen MR) is 53.0 cm³/mol. The molecule has 0 atom stereocenters. The molecule has 5 heteroatoms. The summed E-state index contributed by atoms with van der Waals surface area (Å²) in [6.45, 7) is 0.119. The lowest BCUT2D eigenvalue weighted by Gasteiger charge is -2.20. The molecule has 0 bridgehead atoms. The maximum Gasteiger partial charge on any atom is 0.406 e. The van der Waals surface area contributed by atoms with Gasteiger partial charge in [-0.15, -0.1) is 0 Å². The standard InChI is InChI=1S/C11H12F3NO/c12-11(13,14)10(4-5-10)15-7-8-2-1-3-9(16)6-8/h1-3,6,15-16H,4-5,7H2. The normalized spacial score (nSPS) is 18.4. The molecule has 0 aliphatic heterocycles. The summed E-state index contributed by atoms with van der Waals surface area (Å²) in [5.74, 6) is 0.0659. The smallest absolute Gasteiger partial charge is 0.406 e. The van der Waals surface area contributed by atoms with Crippen molar-refractivity contribution >= 4 is 0 Å². The highest BCUT2D eigenvalue weighted by atomic mass is 19.4. The third-order valence-corrected chi connectivity index (χ3v) is 2.83. The molecule has 0 unspecified atom stereocenters. The number of halogens is 3. The molecule has 0 saturated heterocycles. The minimum atomic E-state index is -4.19. The lowest BCUT2D eigenvalue weighted by atomic mass is 10.2. The van der Waals surface area contributed by atoms with Crippen LogP contribution in [-0.4, -0.2) is 16.8 Å². The minimum absolute atomic E-state index is 0.0659. The van der Waals surface area contributed by atoms with Gasteiger partial charge in [-0.05, 0) is 30.5 Å². The number of hydrogen-bond acceptors (Lipinski definition) is 2. The molecule has 1 aromatic rings. The van der Waals surface area contributed by atoms with E-state index in [-0.39, 0.29) is 25.1 Å². The van der Waals surface area contributed by atoms with Crippen molar-refractivity contribution in [3.63, 3.8) is 0 Å². The van der Waals surface area contributed by atoms with Gasteiger partial charge in [-0.1, -0.05) is 12.1 Å². The fourth-order valence-electron chi connectivity index (χ4n) is 1.62. The van der Waals surface area contributed by atoms with Crippen LogP contribution in [0.2, 0.25) is 0 Å². The summed E-state index contributed by atoms with van der Waals surface area (Å²) in [5, 5.41) is 11.7. The highest BCUT2D eigenvalue weighted by Crippen LogP contribution is 2.49. The van der Waals surface area contributed by atoms with Crippen LogP contribution in [0, 0.1) is 0 Å². The average Bonchev–Trinajstić information content (AvgIpc) is 2.94. The number of hydrogen-bond donors (Lipinski definition) is 2. The number of benzene rings is 1. The third kappa shape index (κ3) is 2.14. The van der Waals surface area contributed by atoms with Gasteiger partial charge in [0.05, 0.1) is 0 Å². The van der Waals surface area contributed by atoms with E-state index in [0.717, 1.165) is 0 Å². The quantitative estimate of drug-likeness (QED) is 0.838. The van der Waals surface area contributed by atoms with Crippen LogP contribution < -0.4 is 5.32 Å². The van der Waals surface area contributed by atoms with E-state index < -0.39 is 11.7 Å². The van der Waals surface area contributed by atoms with Gasteiger partial charge in [-0.25, -0.2) is 0 Å². The van der Waals surface area contributed by atoms with Crippen molar-refractivity contribution in [3.8, 4) is 5.75 Å². The monoisotopic (exact) mass is 231 g/mol. The Morgan fingerprint density at radius 1 is 1.31 bits per heavy atom. The Morgan fingerprint density at radius 3 is 2.50 bits per heavy atom. The van der Waals surface area contributed by atoms with Crippen LogP contribution in [-0.2, 0) is 6.54 Å². The van der Waals surface area contributed by atoms with Crippen molar-refractivity contribution in [2.45, 2.75) is 31.1 Å². The first-order chi connectivity index (χ1) is 7.43. The number of rotatable bonds is 3. The Bertz CT molecular complexity index is 385. The van der Waals surface area contributed by atoms with Crippen molar-refractivity contribution < 1.29 is 18.3 Å². The van der Waals surface area contributed by atoms with Gasteiger partial charge in [0, 0.05) is 6.54 Å². The molecule has 0 heterocycles. The molecular weight excluding hydrogens is 219 g/mol. The summed E-state index contributed by atoms with van der Waals surface area (Å²) in [5.41, 5.74) is -1.05. The van der Waals surface area contributed by atoms with Gasteiger partial charge in [-0.2, -0.15) is 13.2 Å². The Hall–Kier alpha value is -1.23. The molecule has 1 fully saturated rings. The Morgan fingerprint density at radius 2 is 2.00 bits per heavy atom. The summed E-state index contributed by atoms with van der Waals surface area (Å²) in [6, 6.07) is 6.23. The molecule has 0 radical (unpaired) electrons. The Labute approximate surface area is 91.1 Å². The molecule has 0 aromatic heterocycles. The fourth-order valence-corrected chi connectivity index (χ4v) is 1.62. The molecular formula is C11H12F3NO. The van der Waals surface area contributed by atoms with Crippen molar-refractivity contribution in [2.24, 2.45) is 0 Å². The number of phenolic OH excluding ortho intramolecular Hbond substituents is 1. The molecule has 2 rings (SSSR count). The van der Waals surface area contributed by atoms with E-state index in [1.54, 1.807) is 12.1 Å².